The molecule has 0 bridgehead atoms. The van der Waals surface area contributed by atoms with Gasteiger partial charge in [-0.1, -0.05) is 17.3 Å². The highest BCUT2D eigenvalue weighted by molar-refractivity contribution is 6.22. The van der Waals surface area contributed by atoms with Crippen LogP contribution in [0.2, 0.25) is 0 Å². The Labute approximate surface area is 206 Å². The quantitative estimate of drug-likeness (QED) is 0.306. The Kier molecular flexibility index (Phi) is 5.93. The van der Waals surface area contributed by atoms with Crippen LogP contribution < -0.4 is 5.32 Å². The number of nitrogens with one attached hydrogen (secondary N) is 1. The van der Waals surface area contributed by atoms with Crippen molar-refractivity contribution < 1.29 is 23.6 Å². The van der Waals surface area contributed by atoms with Gasteiger partial charge < -0.3 is 14.6 Å². The maximum atomic E-state index is 12.9. The van der Waals surface area contributed by atoms with Crippen molar-refractivity contribution in [3.05, 3.63) is 71.2 Å². The SMILES string of the molecule is Cc1nc(-c2ccc3ccnc(NCCN4C(=O)c5ccc(C(=O)OC(C)C)cc5C4=O)c3c2)no1. The number of benzene rings is 2. The number of nitrogens with zero attached hydrogens (tertiary/aromatic N) is 4. The molecule has 2 amide bonds. The molecule has 0 aliphatic carbocycles. The average molecular weight is 486 g/mol. The van der Waals surface area contributed by atoms with E-state index in [2.05, 4.69) is 20.4 Å². The van der Waals surface area contributed by atoms with Crippen LogP contribution in [0.1, 0.15) is 50.8 Å². The molecule has 1 N–H and O–H groups in total. The smallest absolute Gasteiger partial charge is 0.338 e. The summed E-state index contributed by atoms with van der Waals surface area (Å²) in [6.45, 7) is 5.62. The highest BCUT2D eigenvalue weighted by Gasteiger charge is 2.35. The molecule has 2 aromatic carbocycles. The summed E-state index contributed by atoms with van der Waals surface area (Å²) in [6, 6.07) is 12.1. The van der Waals surface area contributed by atoms with Gasteiger partial charge in [-0.15, -0.1) is 0 Å². The highest BCUT2D eigenvalue weighted by Crippen LogP contribution is 2.27. The van der Waals surface area contributed by atoms with Gasteiger partial charge >= 0.3 is 5.97 Å². The Morgan fingerprint density at radius 2 is 1.89 bits per heavy atom. The minimum atomic E-state index is -0.537. The maximum absolute atomic E-state index is 12.9. The van der Waals surface area contributed by atoms with Gasteiger partial charge in [0.15, 0.2) is 0 Å². The molecule has 0 spiro atoms. The van der Waals surface area contributed by atoms with Gasteiger partial charge in [-0.2, -0.15) is 4.98 Å². The van der Waals surface area contributed by atoms with E-state index < -0.39 is 17.8 Å². The van der Waals surface area contributed by atoms with Crippen molar-refractivity contribution >= 4 is 34.4 Å². The second kappa shape index (κ2) is 9.21. The van der Waals surface area contributed by atoms with E-state index in [0.29, 0.717) is 17.5 Å². The summed E-state index contributed by atoms with van der Waals surface area (Å²) in [4.78, 5) is 47.9. The number of aromatic nitrogens is 3. The van der Waals surface area contributed by atoms with E-state index in [4.69, 9.17) is 9.26 Å². The topological polar surface area (TPSA) is 128 Å². The summed E-state index contributed by atoms with van der Waals surface area (Å²) in [7, 11) is 0. The van der Waals surface area contributed by atoms with Gasteiger partial charge in [0, 0.05) is 37.2 Å². The Hall–Kier alpha value is -4.60. The Morgan fingerprint density at radius 3 is 2.64 bits per heavy atom. The molecule has 1 aliphatic heterocycles. The largest absolute Gasteiger partial charge is 0.459 e. The van der Waals surface area contributed by atoms with Gasteiger partial charge in [0.25, 0.3) is 11.8 Å². The van der Waals surface area contributed by atoms with Crippen molar-refractivity contribution in [3.8, 4) is 11.4 Å². The van der Waals surface area contributed by atoms with E-state index in [9.17, 15) is 14.4 Å². The Bertz CT molecular complexity index is 1510. The third-order valence-electron chi connectivity index (χ3n) is 5.73. The van der Waals surface area contributed by atoms with Crippen LogP contribution in [0.25, 0.3) is 22.2 Å². The Morgan fingerprint density at radius 1 is 1.08 bits per heavy atom. The predicted octanol–water partition coefficient (Wildman–Crippen LogP) is 3.87. The number of rotatable bonds is 7. The van der Waals surface area contributed by atoms with E-state index in [1.807, 2.05) is 24.3 Å². The zero-order chi connectivity index (χ0) is 25.4. The van der Waals surface area contributed by atoms with Gasteiger partial charge in [-0.05, 0) is 49.6 Å². The molecule has 10 nitrogen and oxygen atoms in total. The average Bonchev–Trinajstić information content (AvgIpc) is 3.40. The van der Waals surface area contributed by atoms with Crippen LogP contribution in [-0.4, -0.2) is 57.0 Å². The number of aryl methyl sites for hydroxylation is 1. The van der Waals surface area contributed by atoms with Crippen molar-refractivity contribution in [2.24, 2.45) is 0 Å². The number of carbonyl (C=O) groups excluding carboxylic acids is 3. The van der Waals surface area contributed by atoms with E-state index >= 15 is 0 Å². The molecule has 3 heterocycles. The van der Waals surface area contributed by atoms with Crippen LogP contribution in [0.5, 0.6) is 0 Å². The first-order chi connectivity index (χ1) is 17.3. The molecule has 0 saturated heterocycles. The summed E-state index contributed by atoms with van der Waals surface area (Å²) in [5.41, 5.74) is 1.48. The summed E-state index contributed by atoms with van der Waals surface area (Å²) in [5, 5.41) is 8.99. The molecule has 0 atom stereocenters. The molecular weight excluding hydrogens is 462 g/mol. The monoisotopic (exact) mass is 485 g/mol. The number of fused-ring (bicyclic) bond motifs is 2. The molecule has 36 heavy (non-hydrogen) atoms. The molecule has 10 heteroatoms. The molecule has 182 valence electrons. The van der Waals surface area contributed by atoms with Crippen molar-refractivity contribution in [2.45, 2.75) is 26.9 Å². The number of pyridine rings is 1. The van der Waals surface area contributed by atoms with E-state index in [1.165, 1.54) is 18.2 Å². The number of carbonyl (C=O) groups is 3. The lowest BCUT2D eigenvalue weighted by atomic mass is 10.1. The van der Waals surface area contributed by atoms with Crippen LogP contribution >= 0.6 is 0 Å². The molecular formula is C26H23N5O5. The normalized spacial score (nSPS) is 12.9. The third kappa shape index (κ3) is 4.28. The lowest BCUT2D eigenvalue weighted by Crippen LogP contribution is -2.34. The fourth-order valence-corrected chi connectivity index (χ4v) is 4.05. The molecule has 0 fully saturated rings. The molecule has 0 saturated carbocycles. The fourth-order valence-electron chi connectivity index (χ4n) is 4.05. The lowest BCUT2D eigenvalue weighted by molar-refractivity contribution is 0.0377. The summed E-state index contributed by atoms with van der Waals surface area (Å²) < 4.78 is 10.3. The first-order valence-corrected chi connectivity index (χ1v) is 11.5. The first-order valence-electron chi connectivity index (χ1n) is 11.5. The van der Waals surface area contributed by atoms with Crippen LogP contribution in [-0.2, 0) is 4.74 Å². The zero-order valence-electron chi connectivity index (χ0n) is 19.9. The van der Waals surface area contributed by atoms with Crippen LogP contribution in [0.15, 0.2) is 53.2 Å². The molecule has 1 aliphatic rings. The van der Waals surface area contributed by atoms with E-state index in [0.717, 1.165) is 21.2 Å². The number of ether oxygens (including phenoxy) is 1. The molecule has 5 rings (SSSR count). The molecule has 2 aromatic heterocycles. The standard InChI is InChI=1S/C26H23N5O5/c1-14(2)35-26(34)18-6-7-19-21(13-18)25(33)31(24(19)32)11-10-28-23-20-12-17(22-29-15(3)36-30-22)5-4-16(20)8-9-27-23/h4-9,12-14H,10-11H2,1-3H3,(H,27,28). The lowest BCUT2D eigenvalue weighted by Gasteiger charge is -2.15. The minimum absolute atomic E-state index is 0.125. The van der Waals surface area contributed by atoms with Crippen LogP contribution in [0.3, 0.4) is 0 Å². The second-order valence-corrected chi connectivity index (χ2v) is 8.64. The number of anilines is 1. The van der Waals surface area contributed by atoms with Gasteiger partial charge in [-0.3, -0.25) is 14.5 Å². The minimum Gasteiger partial charge on any atom is -0.459 e. The van der Waals surface area contributed by atoms with Crippen LogP contribution in [0.4, 0.5) is 5.82 Å². The van der Waals surface area contributed by atoms with Gasteiger partial charge in [0.05, 0.1) is 22.8 Å². The summed E-state index contributed by atoms with van der Waals surface area (Å²) in [6.07, 6.45) is 1.39. The molecule has 4 aromatic rings. The third-order valence-corrected chi connectivity index (χ3v) is 5.73. The van der Waals surface area contributed by atoms with E-state index in [-0.39, 0.29) is 35.9 Å². The second-order valence-electron chi connectivity index (χ2n) is 8.64. The molecule has 0 radical (unpaired) electrons. The maximum Gasteiger partial charge on any atom is 0.338 e. The van der Waals surface area contributed by atoms with Crippen molar-refractivity contribution in [1.29, 1.82) is 0 Å². The summed E-state index contributed by atoms with van der Waals surface area (Å²) >= 11 is 0. The van der Waals surface area contributed by atoms with E-state index in [1.54, 1.807) is 27.0 Å². The van der Waals surface area contributed by atoms with Crippen molar-refractivity contribution in [2.75, 3.05) is 18.4 Å². The van der Waals surface area contributed by atoms with Gasteiger partial charge in [0.1, 0.15) is 5.82 Å². The van der Waals surface area contributed by atoms with Gasteiger partial charge in [0.2, 0.25) is 11.7 Å². The number of hydrogen-bond donors (Lipinski definition) is 1. The van der Waals surface area contributed by atoms with Crippen molar-refractivity contribution in [3.63, 3.8) is 0 Å². The van der Waals surface area contributed by atoms with Crippen molar-refractivity contribution in [1.82, 2.24) is 20.0 Å². The predicted molar refractivity (Wildman–Crippen MR) is 131 cm³/mol. The van der Waals surface area contributed by atoms with Gasteiger partial charge in [-0.25, -0.2) is 9.78 Å². The number of amides is 2. The molecule has 0 unspecified atom stereocenters. The zero-order valence-corrected chi connectivity index (χ0v) is 19.9. The number of esters is 1. The number of imide groups is 1. The fraction of sp³-hybridized carbons (Fsp3) is 0.231. The summed E-state index contributed by atoms with van der Waals surface area (Å²) in [5.74, 6) is 0.166. The highest BCUT2D eigenvalue weighted by atomic mass is 16.5. The van der Waals surface area contributed by atoms with Crippen LogP contribution in [0, 0.1) is 6.92 Å². The first kappa shape index (κ1) is 23.2. The Balaban J connectivity index is 1.31. The number of hydrogen-bond acceptors (Lipinski definition) is 9.